The number of likely N-dealkylation sites (tertiary alicyclic amines) is 1. The lowest BCUT2D eigenvalue weighted by Crippen LogP contribution is -2.43. The topological polar surface area (TPSA) is 113 Å². The van der Waals surface area contributed by atoms with Crippen molar-refractivity contribution in [2.24, 2.45) is 17.6 Å². The van der Waals surface area contributed by atoms with Crippen LogP contribution in [0.3, 0.4) is 0 Å². The van der Waals surface area contributed by atoms with Gasteiger partial charge in [0.25, 0.3) is 0 Å². The van der Waals surface area contributed by atoms with E-state index in [1.807, 2.05) is 30.3 Å². The molecule has 2 fully saturated rings. The number of primary amides is 1. The van der Waals surface area contributed by atoms with Gasteiger partial charge in [0.1, 0.15) is 0 Å². The second-order valence-electron chi connectivity index (χ2n) is 7.34. The molecule has 1 aromatic carbocycles. The Morgan fingerprint density at radius 3 is 2.39 bits per heavy atom. The number of rotatable bonds is 6. The minimum Gasteiger partial charge on any atom is -0.369 e. The van der Waals surface area contributed by atoms with E-state index in [1.54, 1.807) is 9.80 Å². The largest absolute Gasteiger partial charge is 0.369 e. The molecule has 0 bridgehead atoms. The van der Waals surface area contributed by atoms with E-state index in [0.29, 0.717) is 32.5 Å². The van der Waals surface area contributed by atoms with Crippen LogP contribution in [0.25, 0.3) is 0 Å². The van der Waals surface area contributed by atoms with Gasteiger partial charge in [-0.15, -0.1) is 0 Å². The number of nitrogens with zero attached hydrogens (tertiary/aromatic N) is 2. The SMILES string of the molecule is NC(=O)C1CCN(C(=O)CCNC(=O)C2CC(=O)N(c3ccccc3)C2)CC1. The summed E-state index contributed by atoms with van der Waals surface area (Å²) in [6, 6.07) is 9.28. The molecule has 2 saturated heterocycles. The number of amides is 4. The van der Waals surface area contributed by atoms with Gasteiger partial charge in [0.15, 0.2) is 0 Å². The summed E-state index contributed by atoms with van der Waals surface area (Å²) < 4.78 is 0. The first-order valence-corrected chi connectivity index (χ1v) is 9.66. The predicted octanol–water partition coefficient (Wildman–Crippen LogP) is 0.270. The van der Waals surface area contributed by atoms with Gasteiger partial charge >= 0.3 is 0 Å². The van der Waals surface area contributed by atoms with Crippen LogP contribution in [0, 0.1) is 11.8 Å². The lowest BCUT2D eigenvalue weighted by molar-refractivity contribution is -0.135. The summed E-state index contributed by atoms with van der Waals surface area (Å²) in [6.45, 7) is 1.62. The van der Waals surface area contributed by atoms with E-state index < -0.39 is 5.92 Å². The van der Waals surface area contributed by atoms with Crippen molar-refractivity contribution in [2.45, 2.75) is 25.7 Å². The van der Waals surface area contributed by atoms with Gasteiger partial charge in [0.05, 0.1) is 5.92 Å². The number of carbonyl (C=O) groups excluding carboxylic acids is 4. The summed E-state index contributed by atoms with van der Waals surface area (Å²) in [4.78, 5) is 51.4. The number of benzene rings is 1. The Balaban J connectivity index is 1.41. The molecule has 8 heteroatoms. The summed E-state index contributed by atoms with van der Waals surface area (Å²) in [5.41, 5.74) is 6.09. The number of nitrogens with two attached hydrogens (primary N) is 1. The average Bonchev–Trinajstić information content (AvgIpc) is 3.10. The molecule has 3 rings (SSSR count). The average molecular weight is 386 g/mol. The highest BCUT2D eigenvalue weighted by molar-refractivity contribution is 6.00. The molecule has 0 radical (unpaired) electrons. The highest BCUT2D eigenvalue weighted by atomic mass is 16.2. The zero-order valence-electron chi connectivity index (χ0n) is 15.8. The number of piperidine rings is 1. The van der Waals surface area contributed by atoms with E-state index >= 15 is 0 Å². The standard InChI is InChI=1S/C20H26N4O4/c21-19(27)14-7-10-23(11-8-14)17(25)6-9-22-20(28)15-12-18(26)24(13-15)16-4-2-1-3-5-16/h1-5,14-15H,6-13H2,(H2,21,27)(H,22,28). The minimum absolute atomic E-state index is 0.0448. The molecule has 0 spiro atoms. The Morgan fingerprint density at radius 1 is 1.07 bits per heavy atom. The monoisotopic (exact) mass is 386 g/mol. The van der Waals surface area contributed by atoms with Gasteiger partial charge < -0.3 is 20.9 Å². The summed E-state index contributed by atoms with van der Waals surface area (Å²) in [6.07, 6.45) is 1.56. The second kappa shape index (κ2) is 8.86. The predicted molar refractivity (Wildman–Crippen MR) is 103 cm³/mol. The van der Waals surface area contributed by atoms with E-state index in [1.165, 1.54) is 0 Å². The molecule has 2 aliphatic heterocycles. The lowest BCUT2D eigenvalue weighted by Gasteiger charge is -2.30. The maximum absolute atomic E-state index is 12.4. The normalized spacial score (nSPS) is 20.3. The van der Waals surface area contributed by atoms with E-state index in [9.17, 15) is 19.2 Å². The summed E-state index contributed by atoms with van der Waals surface area (Å²) in [7, 11) is 0. The van der Waals surface area contributed by atoms with Crippen LogP contribution in [0.2, 0.25) is 0 Å². The molecule has 8 nitrogen and oxygen atoms in total. The molecule has 0 aliphatic carbocycles. The number of anilines is 1. The van der Waals surface area contributed by atoms with Gasteiger partial charge in [-0.3, -0.25) is 19.2 Å². The van der Waals surface area contributed by atoms with Crippen molar-refractivity contribution in [3.8, 4) is 0 Å². The first-order valence-electron chi connectivity index (χ1n) is 9.66. The van der Waals surface area contributed by atoms with Crippen molar-refractivity contribution in [1.29, 1.82) is 0 Å². The Morgan fingerprint density at radius 2 is 1.75 bits per heavy atom. The molecule has 3 N–H and O–H groups in total. The van der Waals surface area contributed by atoms with Gasteiger partial charge in [-0.2, -0.15) is 0 Å². The van der Waals surface area contributed by atoms with Crippen LogP contribution in [0.1, 0.15) is 25.7 Å². The number of para-hydroxylation sites is 1. The van der Waals surface area contributed by atoms with Crippen molar-refractivity contribution >= 4 is 29.3 Å². The van der Waals surface area contributed by atoms with E-state index in [0.717, 1.165) is 5.69 Å². The van der Waals surface area contributed by atoms with Gasteiger partial charge in [0.2, 0.25) is 23.6 Å². The summed E-state index contributed by atoms with van der Waals surface area (Å²) in [5, 5.41) is 2.77. The van der Waals surface area contributed by atoms with Gasteiger partial charge in [-0.1, -0.05) is 18.2 Å². The highest BCUT2D eigenvalue weighted by Crippen LogP contribution is 2.24. The third kappa shape index (κ3) is 4.68. The van der Waals surface area contributed by atoms with Crippen molar-refractivity contribution in [2.75, 3.05) is 31.1 Å². The number of nitrogens with one attached hydrogen (secondary N) is 1. The Bertz CT molecular complexity index is 744. The fourth-order valence-electron chi connectivity index (χ4n) is 3.75. The molecule has 1 atom stereocenters. The molecule has 0 saturated carbocycles. The smallest absolute Gasteiger partial charge is 0.227 e. The zero-order valence-corrected chi connectivity index (χ0v) is 15.8. The first kappa shape index (κ1) is 19.9. The first-order chi connectivity index (χ1) is 13.5. The Kier molecular flexibility index (Phi) is 6.28. The number of hydrogen-bond donors (Lipinski definition) is 2. The van der Waals surface area contributed by atoms with Crippen LogP contribution in [0.5, 0.6) is 0 Å². The lowest BCUT2D eigenvalue weighted by atomic mass is 9.96. The molecule has 1 unspecified atom stereocenters. The molecule has 1 aromatic rings. The number of carbonyl (C=O) groups is 4. The van der Waals surface area contributed by atoms with Crippen molar-refractivity contribution in [3.05, 3.63) is 30.3 Å². The molecule has 0 aromatic heterocycles. The van der Waals surface area contributed by atoms with Crippen molar-refractivity contribution < 1.29 is 19.2 Å². The van der Waals surface area contributed by atoms with Crippen LogP contribution in [-0.2, 0) is 19.2 Å². The molecular weight excluding hydrogens is 360 g/mol. The Labute approximate surface area is 164 Å². The van der Waals surface area contributed by atoms with E-state index in [-0.39, 0.29) is 48.9 Å². The fraction of sp³-hybridized carbons (Fsp3) is 0.500. The van der Waals surface area contributed by atoms with Crippen LogP contribution < -0.4 is 16.0 Å². The van der Waals surface area contributed by atoms with Gasteiger partial charge in [-0.05, 0) is 25.0 Å². The quantitative estimate of drug-likeness (QED) is 0.731. The molecular formula is C20H26N4O4. The minimum atomic E-state index is -0.408. The zero-order chi connectivity index (χ0) is 20.1. The third-order valence-electron chi connectivity index (χ3n) is 5.45. The molecule has 2 heterocycles. The van der Waals surface area contributed by atoms with Gasteiger partial charge in [0, 0.05) is 50.6 Å². The molecule has 150 valence electrons. The second-order valence-corrected chi connectivity index (χ2v) is 7.34. The van der Waals surface area contributed by atoms with Gasteiger partial charge in [-0.25, -0.2) is 0 Å². The molecule has 28 heavy (non-hydrogen) atoms. The molecule has 4 amide bonds. The van der Waals surface area contributed by atoms with E-state index in [2.05, 4.69) is 5.32 Å². The van der Waals surface area contributed by atoms with Crippen molar-refractivity contribution in [1.82, 2.24) is 10.2 Å². The maximum Gasteiger partial charge on any atom is 0.227 e. The highest BCUT2D eigenvalue weighted by Gasteiger charge is 2.35. The molecule has 2 aliphatic rings. The van der Waals surface area contributed by atoms with E-state index in [4.69, 9.17) is 5.73 Å². The summed E-state index contributed by atoms with van der Waals surface area (Å²) >= 11 is 0. The van der Waals surface area contributed by atoms with Crippen LogP contribution in [-0.4, -0.2) is 54.7 Å². The van der Waals surface area contributed by atoms with Crippen LogP contribution in [0.15, 0.2) is 30.3 Å². The Hall–Kier alpha value is -2.90. The maximum atomic E-state index is 12.4. The van der Waals surface area contributed by atoms with Crippen LogP contribution >= 0.6 is 0 Å². The number of hydrogen-bond acceptors (Lipinski definition) is 4. The van der Waals surface area contributed by atoms with Crippen molar-refractivity contribution in [3.63, 3.8) is 0 Å². The van der Waals surface area contributed by atoms with Crippen LogP contribution in [0.4, 0.5) is 5.69 Å². The fourth-order valence-corrected chi connectivity index (χ4v) is 3.75. The summed E-state index contributed by atoms with van der Waals surface area (Å²) in [5.74, 6) is -1.19. The third-order valence-corrected chi connectivity index (χ3v) is 5.45.